The van der Waals surface area contributed by atoms with Crippen LogP contribution in [0, 0.1) is 5.41 Å². The maximum atomic E-state index is 12.6. The van der Waals surface area contributed by atoms with Crippen LogP contribution in [0.2, 0.25) is 0 Å². The van der Waals surface area contributed by atoms with Crippen molar-refractivity contribution in [1.29, 1.82) is 0 Å². The van der Waals surface area contributed by atoms with Gasteiger partial charge in [0, 0.05) is 24.4 Å². The predicted octanol–water partition coefficient (Wildman–Crippen LogP) is 2.96. The third-order valence-electron chi connectivity index (χ3n) is 4.99. The SMILES string of the molecule is CC(C)(C)C(=O)N1CCC[C@H](c2cnc(N3C(=O)OCC3(C)C)cn2)C1. The Hall–Kier alpha value is -2.18. The Morgan fingerprint density at radius 3 is 2.54 bits per heavy atom. The van der Waals surface area contributed by atoms with Crippen molar-refractivity contribution < 1.29 is 14.3 Å². The molecule has 7 nitrogen and oxygen atoms in total. The van der Waals surface area contributed by atoms with Gasteiger partial charge in [0.05, 0.1) is 23.6 Å². The molecule has 0 aromatic carbocycles. The molecule has 1 aromatic heterocycles. The quantitative estimate of drug-likeness (QED) is 0.810. The predicted molar refractivity (Wildman–Crippen MR) is 97.9 cm³/mol. The monoisotopic (exact) mass is 360 g/mol. The number of nitrogens with zero attached hydrogens (tertiary/aromatic N) is 4. The number of ether oxygens (including phenoxy) is 1. The summed E-state index contributed by atoms with van der Waals surface area (Å²) in [6, 6.07) is 0. The molecular weight excluding hydrogens is 332 g/mol. The standard InChI is InChI=1S/C19H28N4O3/c1-18(2,3)16(24)22-8-6-7-13(11-22)14-9-21-15(10-20-14)23-17(25)26-12-19(23,4)5/h9-10,13H,6-8,11-12H2,1-5H3/t13-/m0/s1. The fraction of sp³-hybridized carbons (Fsp3) is 0.684. The number of likely N-dealkylation sites (tertiary alicyclic amines) is 1. The zero-order chi connectivity index (χ0) is 19.1. The molecule has 1 aromatic rings. The van der Waals surface area contributed by atoms with Crippen LogP contribution in [-0.2, 0) is 9.53 Å². The normalized spacial score (nSPS) is 23.1. The summed E-state index contributed by atoms with van der Waals surface area (Å²) in [5, 5.41) is 0. The third-order valence-corrected chi connectivity index (χ3v) is 4.99. The van der Waals surface area contributed by atoms with Crippen molar-refractivity contribution in [2.75, 3.05) is 24.6 Å². The Balaban J connectivity index is 1.74. The van der Waals surface area contributed by atoms with Crippen LogP contribution in [0.3, 0.4) is 0 Å². The van der Waals surface area contributed by atoms with Gasteiger partial charge in [0.15, 0.2) is 5.82 Å². The summed E-state index contributed by atoms with van der Waals surface area (Å²) < 4.78 is 5.13. The summed E-state index contributed by atoms with van der Waals surface area (Å²) in [5.74, 6) is 0.850. The lowest BCUT2D eigenvalue weighted by molar-refractivity contribution is -0.140. The van der Waals surface area contributed by atoms with Gasteiger partial charge in [0.2, 0.25) is 5.91 Å². The highest BCUT2D eigenvalue weighted by atomic mass is 16.6. The Labute approximate surface area is 154 Å². The molecule has 2 fully saturated rings. The summed E-state index contributed by atoms with van der Waals surface area (Å²) in [6.07, 6.45) is 4.92. The van der Waals surface area contributed by atoms with Crippen LogP contribution in [0.1, 0.15) is 59.1 Å². The molecule has 0 bridgehead atoms. The largest absolute Gasteiger partial charge is 0.447 e. The highest BCUT2D eigenvalue weighted by Crippen LogP contribution is 2.31. The molecule has 0 radical (unpaired) electrons. The minimum atomic E-state index is -0.436. The van der Waals surface area contributed by atoms with Gasteiger partial charge in [0.25, 0.3) is 0 Å². The second kappa shape index (κ2) is 6.52. The van der Waals surface area contributed by atoms with Gasteiger partial charge in [-0.1, -0.05) is 20.8 Å². The maximum Gasteiger partial charge on any atom is 0.416 e. The maximum absolute atomic E-state index is 12.6. The van der Waals surface area contributed by atoms with E-state index in [4.69, 9.17) is 4.74 Å². The summed E-state index contributed by atoms with van der Waals surface area (Å²) >= 11 is 0. The van der Waals surface area contributed by atoms with E-state index in [1.165, 1.54) is 0 Å². The molecule has 3 heterocycles. The number of aromatic nitrogens is 2. The molecule has 26 heavy (non-hydrogen) atoms. The van der Waals surface area contributed by atoms with E-state index in [1.54, 1.807) is 17.3 Å². The van der Waals surface area contributed by atoms with E-state index in [-0.39, 0.29) is 17.2 Å². The second-order valence-corrected chi connectivity index (χ2v) is 8.84. The lowest BCUT2D eigenvalue weighted by atomic mass is 9.90. The highest BCUT2D eigenvalue weighted by Gasteiger charge is 2.42. The fourth-order valence-corrected chi connectivity index (χ4v) is 3.55. The molecule has 2 aliphatic rings. The molecule has 0 N–H and O–H groups in total. The van der Waals surface area contributed by atoms with Gasteiger partial charge >= 0.3 is 6.09 Å². The Morgan fingerprint density at radius 2 is 2.00 bits per heavy atom. The number of piperidine rings is 1. The van der Waals surface area contributed by atoms with Gasteiger partial charge in [-0.05, 0) is 26.7 Å². The molecule has 142 valence electrons. The molecule has 0 unspecified atom stereocenters. The van der Waals surface area contributed by atoms with Gasteiger partial charge in [-0.15, -0.1) is 0 Å². The van der Waals surface area contributed by atoms with Gasteiger partial charge in [-0.2, -0.15) is 0 Å². The lowest BCUT2D eigenvalue weighted by Crippen LogP contribution is -2.45. The van der Waals surface area contributed by atoms with E-state index in [0.29, 0.717) is 19.0 Å². The molecule has 7 heteroatoms. The molecule has 3 rings (SSSR count). The number of hydrogen-bond donors (Lipinski definition) is 0. The van der Waals surface area contributed by atoms with Crippen molar-refractivity contribution in [3.05, 3.63) is 18.1 Å². The van der Waals surface area contributed by atoms with Crippen molar-refractivity contribution in [3.8, 4) is 0 Å². The Bertz CT molecular complexity index is 694. The first-order valence-corrected chi connectivity index (χ1v) is 9.18. The molecule has 0 spiro atoms. The van der Waals surface area contributed by atoms with Crippen LogP contribution in [0.25, 0.3) is 0 Å². The van der Waals surface area contributed by atoms with E-state index in [1.807, 2.05) is 39.5 Å². The van der Waals surface area contributed by atoms with Crippen molar-refractivity contribution in [2.45, 2.75) is 58.9 Å². The zero-order valence-corrected chi connectivity index (χ0v) is 16.3. The lowest BCUT2D eigenvalue weighted by Gasteiger charge is -2.36. The van der Waals surface area contributed by atoms with E-state index >= 15 is 0 Å². The summed E-state index contributed by atoms with van der Waals surface area (Å²) in [5.41, 5.74) is 0.0539. The fourth-order valence-electron chi connectivity index (χ4n) is 3.55. The third kappa shape index (κ3) is 3.52. The minimum Gasteiger partial charge on any atom is -0.447 e. The first-order valence-electron chi connectivity index (χ1n) is 9.18. The minimum absolute atomic E-state index is 0.174. The molecule has 0 aliphatic carbocycles. The van der Waals surface area contributed by atoms with Crippen LogP contribution < -0.4 is 4.90 Å². The van der Waals surface area contributed by atoms with Gasteiger partial charge in [0.1, 0.15) is 6.61 Å². The van der Waals surface area contributed by atoms with E-state index in [2.05, 4.69) is 9.97 Å². The van der Waals surface area contributed by atoms with E-state index in [9.17, 15) is 9.59 Å². The number of carbonyl (C=O) groups excluding carboxylic acids is 2. The summed E-state index contributed by atoms with van der Waals surface area (Å²) in [4.78, 5) is 37.0. The number of hydrogen-bond acceptors (Lipinski definition) is 5. The summed E-state index contributed by atoms with van der Waals surface area (Å²) in [6.45, 7) is 11.5. The molecule has 2 saturated heterocycles. The average molecular weight is 360 g/mol. The summed E-state index contributed by atoms with van der Waals surface area (Å²) in [7, 11) is 0. The van der Waals surface area contributed by atoms with Crippen LogP contribution in [0.5, 0.6) is 0 Å². The van der Waals surface area contributed by atoms with Crippen molar-refractivity contribution in [2.24, 2.45) is 5.41 Å². The van der Waals surface area contributed by atoms with Gasteiger partial charge < -0.3 is 9.64 Å². The molecule has 2 amide bonds. The number of rotatable bonds is 2. The van der Waals surface area contributed by atoms with E-state index < -0.39 is 11.6 Å². The van der Waals surface area contributed by atoms with Crippen molar-refractivity contribution in [1.82, 2.24) is 14.9 Å². The first-order chi connectivity index (χ1) is 12.1. The van der Waals surface area contributed by atoms with Crippen molar-refractivity contribution >= 4 is 17.8 Å². The topological polar surface area (TPSA) is 75.6 Å². The van der Waals surface area contributed by atoms with Crippen LogP contribution >= 0.6 is 0 Å². The number of amides is 2. The van der Waals surface area contributed by atoms with Crippen LogP contribution in [0.15, 0.2) is 12.4 Å². The Kier molecular flexibility index (Phi) is 4.67. The first kappa shape index (κ1) is 18.6. The highest BCUT2D eigenvalue weighted by molar-refractivity contribution is 5.90. The zero-order valence-electron chi connectivity index (χ0n) is 16.3. The smallest absolute Gasteiger partial charge is 0.416 e. The number of carbonyl (C=O) groups is 2. The molecule has 1 atom stereocenters. The van der Waals surface area contributed by atoms with Crippen LogP contribution in [0.4, 0.5) is 10.6 Å². The molecule has 0 saturated carbocycles. The van der Waals surface area contributed by atoms with Gasteiger partial charge in [-0.25, -0.2) is 9.78 Å². The van der Waals surface area contributed by atoms with E-state index in [0.717, 1.165) is 25.1 Å². The number of cyclic esters (lactones) is 1. The second-order valence-electron chi connectivity index (χ2n) is 8.84. The molecular formula is C19H28N4O3. The average Bonchev–Trinajstić information content (AvgIpc) is 2.86. The molecule has 2 aliphatic heterocycles. The number of anilines is 1. The van der Waals surface area contributed by atoms with Crippen molar-refractivity contribution in [3.63, 3.8) is 0 Å². The van der Waals surface area contributed by atoms with Gasteiger partial charge in [-0.3, -0.25) is 14.7 Å². The van der Waals surface area contributed by atoms with Crippen LogP contribution in [-0.4, -0.2) is 52.1 Å². The Morgan fingerprint density at radius 1 is 1.27 bits per heavy atom.